The van der Waals surface area contributed by atoms with Gasteiger partial charge in [-0.05, 0) is 50.5 Å². The fraction of sp³-hybridized carbons (Fsp3) is 0.438. The Kier molecular flexibility index (Phi) is 4.74. The lowest BCUT2D eigenvalue weighted by Crippen LogP contribution is -2.16. The molecule has 19 heavy (non-hydrogen) atoms. The SMILES string of the molecule is CCc1cccc2c(NCCCN(C)C)nccc12. The number of fused-ring (bicyclic) bond motifs is 1. The number of anilines is 1. The van der Waals surface area contributed by atoms with Crippen molar-refractivity contribution in [1.29, 1.82) is 0 Å². The first-order valence-corrected chi connectivity index (χ1v) is 6.97. The van der Waals surface area contributed by atoms with E-state index in [4.69, 9.17) is 0 Å². The van der Waals surface area contributed by atoms with Gasteiger partial charge in [0.25, 0.3) is 0 Å². The molecule has 1 heterocycles. The van der Waals surface area contributed by atoms with Crippen LogP contribution in [0.2, 0.25) is 0 Å². The van der Waals surface area contributed by atoms with Crippen LogP contribution in [0.3, 0.4) is 0 Å². The lowest BCUT2D eigenvalue weighted by molar-refractivity contribution is 0.405. The van der Waals surface area contributed by atoms with E-state index in [1.165, 1.54) is 16.3 Å². The summed E-state index contributed by atoms with van der Waals surface area (Å²) in [6.45, 7) is 4.25. The van der Waals surface area contributed by atoms with Gasteiger partial charge in [-0.25, -0.2) is 4.98 Å². The highest BCUT2D eigenvalue weighted by Crippen LogP contribution is 2.24. The number of pyridine rings is 1. The zero-order valence-corrected chi connectivity index (χ0v) is 12.1. The van der Waals surface area contributed by atoms with E-state index in [-0.39, 0.29) is 0 Å². The molecule has 3 heteroatoms. The van der Waals surface area contributed by atoms with Crippen LogP contribution >= 0.6 is 0 Å². The third kappa shape index (κ3) is 3.44. The molecule has 1 N–H and O–H groups in total. The molecule has 1 aromatic carbocycles. The number of aryl methyl sites for hydroxylation is 1. The van der Waals surface area contributed by atoms with Gasteiger partial charge in [-0.3, -0.25) is 0 Å². The number of nitrogens with one attached hydrogen (secondary N) is 1. The molecule has 0 amide bonds. The smallest absolute Gasteiger partial charge is 0.133 e. The topological polar surface area (TPSA) is 28.2 Å². The molecule has 0 bridgehead atoms. The van der Waals surface area contributed by atoms with Crippen LogP contribution < -0.4 is 5.32 Å². The minimum Gasteiger partial charge on any atom is -0.370 e. The van der Waals surface area contributed by atoms with E-state index in [9.17, 15) is 0 Å². The summed E-state index contributed by atoms with van der Waals surface area (Å²) < 4.78 is 0. The van der Waals surface area contributed by atoms with E-state index >= 15 is 0 Å². The summed E-state index contributed by atoms with van der Waals surface area (Å²) in [5.74, 6) is 1.01. The van der Waals surface area contributed by atoms with Crippen molar-refractivity contribution in [2.24, 2.45) is 0 Å². The molecule has 0 spiro atoms. The number of rotatable bonds is 6. The van der Waals surface area contributed by atoms with Crippen LogP contribution in [0, 0.1) is 0 Å². The van der Waals surface area contributed by atoms with Gasteiger partial charge in [0, 0.05) is 18.1 Å². The molecule has 0 aliphatic heterocycles. The predicted octanol–water partition coefficient (Wildman–Crippen LogP) is 3.16. The summed E-state index contributed by atoms with van der Waals surface area (Å²) in [7, 11) is 4.20. The van der Waals surface area contributed by atoms with Crippen LogP contribution in [0.4, 0.5) is 5.82 Å². The highest BCUT2D eigenvalue weighted by atomic mass is 15.1. The van der Waals surface area contributed by atoms with Crippen molar-refractivity contribution >= 4 is 16.6 Å². The average Bonchev–Trinajstić information content (AvgIpc) is 2.42. The molecule has 0 aliphatic carbocycles. The molecule has 0 radical (unpaired) electrons. The quantitative estimate of drug-likeness (QED) is 0.806. The minimum absolute atomic E-state index is 0.959. The van der Waals surface area contributed by atoms with Crippen LogP contribution in [-0.4, -0.2) is 37.1 Å². The van der Waals surface area contributed by atoms with E-state index in [2.05, 4.69) is 60.5 Å². The third-order valence-corrected chi connectivity index (χ3v) is 3.35. The molecule has 1 aromatic heterocycles. The van der Waals surface area contributed by atoms with Crippen molar-refractivity contribution in [2.45, 2.75) is 19.8 Å². The van der Waals surface area contributed by atoms with Gasteiger partial charge in [-0.15, -0.1) is 0 Å². The lowest BCUT2D eigenvalue weighted by Gasteiger charge is -2.12. The van der Waals surface area contributed by atoms with Crippen molar-refractivity contribution in [2.75, 3.05) is 32.5 Å². The maximum atomic E-state index is 4.47. The van der Waals surface area contributed by atoms with Crippen molar-refractivity contribution < 1.29 is 0 Å². The maximum Gasteiger partial charge on any atom is 0.133 e. The number of aromatic nitrogens is 1. The third-order valence-electron chi connectivity index (χ3n) is 3.35. The van der Waals surface area contributed by atoms with Crippen LogP contribution in [0.1, 0.15) is 18.9 Å². The van der Waals surface area contributed by atoms with Gasteiger partial charge in [0.2, 0.25) is 0 Å². The normalized spacial score (nSPS) is 11.2. The molecule has 0 aliphatic rings. The molecule has 102 valence electrons. The highest BCUT2D eigenvalue weighted by Gasteiger charge is 2.04. The summed E-state index contributed by atoms with van der Waals surface area (Å²) in [6, 6.07) is 8.57. The molecule has 0 saturated carbocycles. The Morgan fingerprint density at radius 2 is 2.00 bits per heavy atom. The Hall–Kier alpha value is -1.61. The Morgan fingerprint density at radius 1 is 1.16 bits per heavy atom. The Balaban J connectivity index is 2.15. The average molecular weight is 257 g/mol. The number of nitrogens with zero attached hydrogens (tertiary/aromatic N) is 2. The van der Waals surface area contributed by atoms with Crippen molar-refractivity contribution in [3.63, 3.8) is 0 Å². The highest BCUT2D eigenvalue weighted by molar-refractivity contribution is 5.93. The largest absolute Gasteiger partial charge is 0.370 e. The Bertz CT molecular complexity index is 535. The Labute approximate surface area is 115 Å². The minimum atomic E-state index is 0.959. The van der Waals surface area contributed by atoms with Gasteiger partial charge in [0.1, 0.15) is 5.82 Å². The van der Waals surface area contributed by atoms with Crippen LogP contribution in [0.5, 0.6) is 0 Å². The van der Waals surface area contributed by atoms with Gasteiger partial charge in [0.05, 0.1) is 0 Å². The van der Waals surface area contributed by atoms with E-state index in [1.807, 2.05) is 6.20 Å². The van der Waals surface area contributed by atoms with Crippen LogP contribution in [-0.2, 0) is 6.42 Å². The molecule has 3 nitrogen and oxygen atoms in total. The maximum absolute atomic E-state index is 4.47. The van der Waals surface area contributed by atoms with Crippen molar-refractivity contribution in [1.82, 2.24) is 9.88 Å². The first-order valence-electron chi connectivity index (χ1n) is 6.97. The van der Waals surface area contributed by atoms with E-state index in [0.717, 1.165) is 31.7 Å². The summed E-state index contributed by atoms with van der Waals surface area (Å²) in [4.78, 5) is 6.68. The first kappa shape index (κ1) is 13.8. The number of benzene rings is 1. The molecule has 0 atom stereocenters. The summed E-state index contributed by atoms with van der Waals surface area (Å²) in [5.41, 5.74) is 1.39. The fourth-order valence-corrected chi connectivity index (χ4v) is 2.32. The lowest BCUT2D eigenvalue weighted by atomic mass is 10.0. The van der Waals surface area contributed by atoms with E-state index in [0.29, 0.717) is 0 Å². The molecule has 0 saturated heterocycles. The summed E-state index contributed by atoms with van der Waals surface area (Å²) >= 11 is 0. The van der Waals surface area contributed by atoms with Gasteiger partial charge < -0.3 is 10.2 Å². The molecule has 2 rings (SSSR count). The van der Waals surface area contributed by atoms with Gasteiger partial charge in [-0.1, -0.05) is 25.1 Å². The van der Waals surface area contributed by atoms with E-state index in [1.54, 1.807) is 0 Å². The first-order chi connectivity index (χ1) is 9.22. The number of hydrogen-bond donors (Lipinski definition) is 1. The monoisotopic (exact) mass is 257 g/mol. The summed E-state index contributed by atoms with van der Waals surface area (Å²) in [6.07, 6.45) is 4.08. The fourth-order valence-electron chi connectivity index (χ4n) is 2.32. The number of hydrogen-bond acceptors (Lipinski definition) is 3. The van der Waals surface area contributed by atoms with Gasteiger partial charge in [0.15, 0.2) is 0 Å². The van der Waals surface area contributed by atoms with Gasteiger partial charge >= 0.3 is 0 Å². The second-order valence-corrected chi connectivity index (χ2v) is 5.11. The second kappa shape index (κ2) is 6.53. The zero-order chi connectivity index (χ0) is 13.7. The second-order valence-electron chi connectivity index (χ2n) is 5.11. The predicted molar refractivity (Wildman–Crippen MR) is 82.8 cm³/mol. The van der Waals surface area contributed by atoms with Gasteiger partial charge in [-0.2, -0.15) is 0 Å². The molecular formula is C16H23N3. The van der Waals surface area contributed by atoms with E-state index < -0.39 is 0 Å². The van der Waals surface area contributed by atoms with Crippen LogP contribution in [0.25, 0.3) is 10.8 Å². The van der Waals surface area contributed by atoms with Crippen LogP contribution in [0.15, 0.2) is 30.5 Å². The summed E-state index contributed by atoms with van der Waals surface area (Å²) in [5, 5.41) is 6.00. The zero-order valence-electron chi connectivity index (χ0n) is 12.1. The molecule has 2 aromatic rings. The standard InChI is InChI=1S/C16H23N3/c1-4-13-7-5-8-15-14(13)9-11-18-16(15)17-10-6-12-19(2)3/h5,7-9,11H,4,6,10,12H2,1-3H3,(H,17,18). The molecular weight excluding hydrogens is 234 g/mol. The Morgan fingerprint density at radius 3 is 2.74 bits per heavy atom. The van der Waals surface area contributed by atoms with Crippen molar-refractivity contribution in [3.05, 3.63) is 36.0 Å². The van der Waals surface area contributed by atoms with Crippen molar-refractivity contribution in [3.8, 4) is 0 Å². The molecule has 0 fully saturated rings. The molecule has 0 unspecified atom stereocenters.